The van der Waals surface area contributed by atoms with E-state index in [2.05, 4.69) is 0 Å². The normalized spacial score (nSPS) is 12.4. The number of ketones is 1. The molecule has 76 valence electrons. The summed E-state index contributed by atoms with van der Waals surface area (Å²) in [4.78, 5) is 11.3. The minimum atomic E-state index is -0.871. The lowest BCUT2D eigenvalue weighted by Gasteiger charge is -2.06. The second kappa shape index (κ2) is 4.77. The molecule has 1 unspecified atom stereocenters. The van der Waals surface area contributed by atoms with E-state index in [0.717, 1.165) is 5.56 Å². The maximum atomic E-state index is 11.3. The molecular weight excluding hydrogens is 180 g/mol. The summed E-state index contributed by atoms with van der Waals surface area (Å²) in [5, 5.41) is 18.3. The van der Waals surface area contributed by atoms with Crippen molar-refractivity contribution in [1.29, 1.82) is 0 Å². The zero-order valence-electron chi connectivity index (χ0n) is 8.10. The Kier molecular flexibility index (Phi) is 3.65. The molecule has 0 aromatic heterocycles. The van der Waals surface area contributed by atoms with Gasteiger partial charge >= 0.3 is 0 Å². The third-order valence-electron chi connectivity index (χ3n) is 2.07. The third-order valence-corrected chi connectivity index (χ3v) is 2.07. The summed E-state index contributed by atoms with van der Waals surface area (Å²) in [6, 6.07) is 6.41. The second-order valence-electron chi connectivity index (χ2n) is 3.23. The molecule has 3 heteroatoms. The van der Waals surface area contributed by atoms with Crippen molar-refractivity contribution in [3.8, 4) is 5.75 Å². The minimum absolute atomic E-state index is 0.178. The highest BCUT2D eigenvalue weighted by Crippen LogP contribution is 2.11. The number of aliphatic hydroxyl groups is 1. The van der Waals surface area contributed by atoms with Crippen LogP contribution in [0.15, 0.2) is 24.3 Å². The smallest absolute Gasteiger partial charge is 0.165 e. The van der Waals surface area contributed by atoms with Crippen LogP contribution in [0, 0.1) is 0 Å². The van der Waals surface area contributed by atoms with Crippen LogP contribution in [-0.4, -0.2) is 22.1 Å². The Balaban J connectivity index is 2.60. The van der Waals surface area contributed by atoms with Gasteiger partial charge in [0.15, 0.2) is 5.78 Å². The Morgan fingerprint density at radius 2 is 1.93 bits per heavy atom. The second-order valence-corrected chi connectivity index (χ2v) is 3.23. The Labute approximate surface area is 83.0 Å². The molecule has 0 radical (unpaired) electrons. The molecule has 0 fully saturated rings. The van der Waals surface area contributed by atoms with Gasteiger partial charge in [0.1, 0.15) is 11.9 Å². The first-order valence-corrected chi connectivity index (χ1v) is 4.62. The quantitative estimate of drug-likeness (QED) is 0.759. The van der Waals surface area contributed by atoms with E-state index in [1.54, 1.807) is 19.1 Å². The number of aromatic hydroxyl groups is 1. The number of rotatable bonds is 4. The Morgan fingerprint density at radius 1 is 1.36 bits per heavy atom. The van der Waals surface area contributed by atoms with Crippen LogP contribution in [0.4, 0.5) is 0 Å². The first kappa shape index (κ1) is 10.7. The lowest BCUT2D eigenvalue weighted by Crippen LogP contribution is -2.21. The number of hydrogen-bond donors (Lipinski definition) is 2. The summed E-state index contributed by atoms with van der Waals surface area (Å²) in [6.45, 7) is 1.76. The first-order chi connectivity index (χ1) is 6.63. The van der Waals surface area contributed by atoms with E-state index in [1.165, 1.54) is 12.1 Å². The van der Waals surface area contributed by atoms with E-state index in [-0.39, 0.29) is 18.0 Å². The van der Waals surface area contributed by atoms with Crippen LogP contribution in [0.3, 0.4) is 0 Å². The van der Waals surface area contributed by atoms with Gasteiger partial charge in [0, 0.05) is 6.42 Å². The highest BCUT2D eigenvalue weighted by Gasteiger charge is 2.12. The van der Waals surface area contributed by atoms with Gasteiger partial charge in [-0.25, -0.2) is 0 Å². The van der Waals surface area contributed by atoms with Crippen molar-refractivity contribution in [1.82, 2.24) is 0 Å². The molecule has 14 heavy (non-hydrogen) atoms. The molecule has 0 aliphatic heterocycles. The van der Waals surface area contributed by atoms with Gasteiger partial charge in [0.05, 0.1) is 0 Å². The molecule has 0 bridgehead atoms. The molecule has 0 spiro atoms. The molecule has 1 atom stereocenters. The number of hydrogen-bond acceptors (Lipinski definition) is 3. The summed E-state index contributed by atoms with van der Waals surface area (Å²) in [5.74, 6) is -0.00423. The molecule has 1 aromatic rings. The molecule has 0 amide bonds. The molecule has 1 aromatic carbocycles. The highest BCUT2D eigenvalue weighted by atomic mass is 16.3. The zero-order valence-corrected chi connectivity index (χ0v) is 8.10. The van der Waals surface area contributed by atoms with E-state index in [1.807, 2.05) is 0 Å². The molecule has 2 N–H and O–H groups in total. The van der Waals surface area contributed by atoms with Gasteiger partial charge in [-0.15, -0.1) is 0 Å². The Hall–Kier alpha value is -1.35. The van der Waals surface area contributed by atoms with Crippen LogP contribution in [-0.2, 0) is 11.2 Å². The summed E-state index contributed by atoms with van der Waals surface area (Å²) >= 11 is 0. The number of aliphatic hydroxyl groups excluding tert-OH is 1. The van der Waals surface area contributed by atoms with Crippen molar-refractivity contribution < 1.29 is 15.0 Å². The maximum Gasteiger partial charge on any atom is 0.165 e. The monoisotopic (exact) mass is 194 g/mol. The molecule has 0 aliphatic carbocycles. The maximum absolute atomic E-state index is 11.3. The highest BCUT2D eigenvalue weighted by molar-refractivity contribution is 5.84. The summed E-state index contributed by atoms with van der Waals surface area (Å²) in [6.07, 6.45) is -0.213. The topological polar surface area (TPSA) is 57.5 Å². The third kappa shape index (κ3) is 2.85. The van der Waals surface area contributed by atoms with Gasteiger partial charge in [-0.2, -0.15) is 0 Å². The minimum Gasteiger partial charge on any atom is -0.508 e. The molecule has 1 rings (SSSR count). The zero-order chi connectivity index (χ0) is 10.6. The van der Waals surface area contributed by atoms with Crippen molar-refractivity contribution in [2.45, 2.75) is 25.9 Å². The van der Waals surface area contributed by atoms with Crippen LogP contribution < -0.4 is 0 Å². The Bertz CT molecular complexity index is 303. The molecule has 0 saturated carbocycles. The average molecular weight is 194 g/mol. The fourth-order valence-electron chi connectivity index (χ4n) is 1.16. The predicted molar refractivity (Wildman–Crippen MR) is 53.1 cm³/mol. The number of Topliss-reactive ketones (excluding diaryl/α,β-unsaturated/α-hetero) is 1. The summed E-state index contributed by atoms with van der Waals surface area (Å²) < 4.78 is 0. The first-order valence-electron chi connectivity index (χ1n) is 4.62. The standard InChI is InChI=1S/C11H14O3/c1-2-10(13)11(14)7-8-3-5-9(12)6-4-8/h3-6,10,12-13H,2,7H2,1H3. The van der Waals surface area contributed by atoms with E-state index in [0.29, 0.717) is 6.42 Å². The van der Waals surface area contributed by atoms with Crippen LogP contribution in [0.1, 0.15) is 18.9 Å². The molecular formula is C11H14O3. The van der Waals surface area contributed by atoms with E-state index in [9.17, 15) is 9.90 Å². The van der Waals surface area contributed by atoms with Crippen molar-refractivity contribution in [3.63, 3.8) is 0 Å². The lowest BCUT2D eigenvalue weighted by atomic mass is 10.0. The van der Waals surface area contributed by atoms with Crippen molar-refractivity contribution >= 4 is 5.78 Å². The van der Waals surface area contributed by atoms with Gasteiger partial charge in [-0.1, -0.05) is 19.1 Å². The number of carbonyl (C=O) groups is 1. The number of phenols is 1. The summed E-state index contributed by atoms with van der Waals surface area (Å²) in [5.41, 5.74) is 0.806. The van der Waals surface area contributed by atoms with Gasteiger partial charge < -0.3 is 10.2 Å². The predicted octanol–water partition coefficient (Wildman–Crippen LogP) is 1.27. The van der Waals surface area contributed by atoms with Gasteiger partial charge in [-0.3, -0.25) is 4.79 Å². The SMILES string of the molecule is CCC(O)C(=O)Cc1ccc(O)cc1. The number of carbonyl (C=O) groups excluding carboxylic acids is 1. The average Bonchev–Trinajstić information content (AvgIpc) is 2.20. The molecule has 0 saturated heterocycles. The van der Waals surface area contributed by atoms with Crippen LogP contribution >= 0.6 is 0 Å². The van der Waals surface area contributed by atoms with Crippen LogP contribution in [0.2, 0.25) is 0 Å². The summed E-state index contributed by atoms with van der Waals surface area (Å²) in [7, 11) is 0. The van der Waals surface area contributed by atoms with Crippen LogP contribution in [0.25, 0.3) is 0 Å². The lowest BCUT2D eigenvalue weighted by molar-refractivity contribution is -0.126. The molecule has 3 nitrogen and oxygen atoms in total. The van der Waals surface area contributed by atoms with Gasteiger partial charge in [0.25, 0.3) is 0 Å². The van der Waals surface area contributed by atoms with E-state index in [4.69, 9.17) is 5.11 Å². The molecule has 0 heterocycles. The number of benzene rings is 1. The Morgan fingerprint density at radius 3 is 2.43 bits per heavy atom. The fraction of sp³-hybridized carbons (Fsp3) is 0.364. The van der Waals surface area contributed by atoms with Crippen molar-refractivity contribution in [2.75, 3.05) is 0 Å². The van der Waals surface area contributed by atoms with Gasteiger partial charge in [-0.05, 0) is 24.1 Å². The van der Waals surface area contributed by atoms with Gasteiger partial charge in [0.2, 0.25) is 0 Å². The van der Waals surface area contributed by atoms with E-state index >= 15 is 0 Å². The van der Waals surface area contributed by atoms with E-state index < -0.39 is 6.10 Å². The van der Waals surface area contributed by atoms with Crippen LogP contribution in [0.5, 0.6) is 5.75 Å². The fourth-order valence-corrected chi connectivity index (χ4v) is 1.16. The molecule has 0 aliphatic rings. The largest absolute Gasteiger partial charge is 0.508 e. The number of phenolic OH excluding ortho intramolecular Hbond substituents is 1. The van der Waals surface area contributed by atoms with Crippen molar-refractivity contribution in [2.24, 2.45) is 0 Å². The van der Waals surface area contributed by atoms with Crippen molar-refractivity contribution in [3.05, 3.63) is 29.8 Å².